The van der Waals surface area contributed by atoms with Crippen LogP contribution in [0.1, 0.15) is 11.4 Å². The molecule has 62 valence electrons. The first-order valence-corrected chi connectivity index (χ1v) is 3.70. The molecule has 0 unspecified atom stereocenters. The molecule has 0 atom stereocenters. The molecule has 0 saturated heterocycles. The van der Waals surface area contributed by atoms with Gasteiger partial charge in [-0.15, -0.1) is 0 Å². The van der Waals surface area contributed by atoms with Gasteiger partial charge in [0, 0.05) is 30.2 Å². The van der Waals surface area contributed by atoms with E-state index in [4.69, 9.17) is 0 Å². The number of hydrogen-bond donors (Lipinski definition) is 2. The van der Waals surface area contributed by atoms with Gasteiger partial charge < -0.3 is 9.97 Å². The number of hydrogen-bond acceptors (Lipinski definition) is 0. The molecule has 0 aliphatic rings. The summed E-state index contributed by atoms with van der Waals surface area (Å²) in [6, 6.07) is 8.19. The number of aromatic amines is 2. The molecule has 3 heteroatoms. The second-order valence-electron chi connectivity index (χ2n) is 2.57. The normalized spacial score (nSPS) is 9.33. The zero-order valence-electron chi connectivity index (χ0n) is 6.17. The summed E-state index contributed by atoms with van der Waals surface area (Å²) in [4.78, 5) is 6.31. The monoisotopic (exact) mass is 160 g/mol. The molecule has 12 heavy (non-hydrogen) atoms. The first-order valence-electron chi connectivity index (χ1n) is 3.70. The van der Waals surface area contributed by atoms with E-state index in [1.807, 2.05) is 24.5 Å². The largest absolute Gasteiger partial charge is 0.365 e. The zero-order valence-corrected chi connectivity index (χ0v) is 6.17. The topological polar surface area (TPSA) is 31.6 Å². The highest BCUT2D eigenvalue weighted by molar-refractivity contribution is 5.75. The molecule has 0 saturated carbocycles. The van der Waals surface area contributed by atoms with Crippen LogP contribution in [0.25, 0.3) is 0 Å². The molecule has 2 heterocycles. The van der Waals surface area contributed by atoms with Gasteiger partial charge in [0.05, 0.1) is 8.41 Å². The van der Waals surface area contributed by atoms with E-state index in [-0.39, 0.29) is 8.41 Å². The molecule has 2 nitrogen and oxygen atoms in total. The van der Waals surface area contributed by atoms with Crippen molar-refractivity contribution in [1.82, 2.24) is 9.97 Å². The highest BCUT2D eigenvalue weighted by Crippen LogP contribution is 2.03. The van der Waals surface area contributed by atoms with Gasteiger partial charge in [0.1, 0.15) is 0 Å². The minimum Gasteiger partial charge on any atom is -0.365 e. The fraction of sp³-hybridized carbons (Fsp3) is 0.111. The van der Waals surface area contributed by atoms with E-state index in [1.165, 1.54) is 11.4 Å². The van der Waals surface area contributed by atoms with E-state index in [0.29, 0.717) is 0 Å². The van der Waals surface area contributed by atoms with Crippen LogP contribution in [0.5, 0.6) is 0 Å². The molecule has 0 aromatic carbocycles. The first-order chi connectivity index (χ1) is 5.45. The average Bonchev–Trinajstić information content (AvgIpc) is 2.60. The second kappa shape index (κ2) is 3.86. The van der Waals surface area contributed by atoms with Gasteiger partial charge in [0.15, 0.2) is 0 Å². The molecule has 2 N–H and O–H groups in total. The summed E-state index contributed by atoms with van der Waals surface area (Å²) in [7, 11) is 0. The molecular weight excluding hydrogens is 147 g/mol. The third-order valence-corrected chi connectivity index (χ3v) is 1.71. The van der Waals surface area contributed by atoms with Crippen molar-refractivity contribution < 1.29 is 0 Å². The van der Waals surface area contributed by atoms with Gasteiger partial charge in [-0.1, -0.05) is 0 Å². The zero-order chi connectivity index (χ0) is 7.52. The van der Waals surface area contributed by atoms with Crippen molar-refractivity contribution in [2.24, 2.45) is 0 Å². The van der Waals surface area contributed by atoms with Gasteiger partial charge in [-0.2, -0.15) is 0 Å². The molecule has 2 aromatic rings. The lowest BCUT2D eigenvalue weighted by Crippen LogP contribution is -1.86. The highest BCUT2D eigenvalue weighted by Gasteiger charge is 1.94. The summed E-state index contributed by atoms with van der Waals surface area (Å²) in [6.45, 7) is 0. The molecule has 0 fully saturated rings. The van der Waals surface area contributed by atoms with E-state index in [1.54, 1.807) is 0 Å². The van der Waals surface area contributed by atoms with Gasteiger partial charge in [-0.25, -0.2) is 0 Å². The number of H-pyrrole nitrogens is 2. The number of aromatic nitrogens is 2. The van der Waals surface area contributed by atoms with Crippen molar-refractivity contribution in [3.05, 3.63) is 48.0 Å². The van der Waals surface area contributed by atoms with Crippen molar-refractivity contribution in [3.63, 3.8) is 0 Å². The molecule has 0 bridgehead atoms. The summed E-state index contributed by atoms with van der Waals surface area (Å²) in [5.41, 5.74) is 2.49. The molecule has 2 rings (SSSR count). The third-order valence-electron chi connectivity index (χ3n) is 1.71. The molecule has 2 aromatic heterocycles. The van der Waals surface area contributed by atoms with Crippen LogP contribution in [0.15, 0.2) is 36.7 Å². The molecule has 0 amide bonds. The summed E-state index contributed by atoms with van der Waals surface area (Å²) < 4.78 is 0. The van der Waals surface area contributed by atoms with Crippen LogP contribution in [-0.4, -0.2) is 18.4 Å². The Morgan fingerprint density at radius 1 is 0.917 bits per heavy atom. The first kappa shape index (κ1) is 8.72. The lowest BCUT2D eigenvalue weighted by molar-refractivity contribution is 1.05. The average molecular weight is 160 g/mol. The van der Waals surface area contributed by atoms with Gasteiger partial charge in [-0.05, 0) is 24.3 Å². The van der Waals surface area contributed by atoms with Crippen LogP contribution in [0.2, 0.25) is 0 Å². The maximum Gasteiger partial charge on any atom is 0.0814 e. The van der Waals surface area contributed by atoms with E-state index < -0.39 is 0 Å². The number of nitrogens with one attached hydrogen (secondary N) is 2. The van der Waals surface area contributed by atoms with Crippen LogP contribution >= 0.6 is 0 Å². The summed E-state index contributed by atoms with van der Waals surface area (Å²) in [6.07, 6.45) is 4.84. The van der Waals surface area contributed by atoms with E-state index in [9.17, 15) is 0 Å². The van der Waals surface area contributed by atoms with Crippen molar-refractivity contribution in [2.45, 2.75) is 6.42 Å². The maximum absolute atomic E-state index is 3.16. The van der Waals surface area contributed by atoms with Gasteiger partial charge in [0.2, 0.25) is 0 Å². The van der Waals surface area contributed by atoms with Crippen molar-refractivity contribution >= 4 is 8.41 Å². The SMILES string of the molecule is B.c1c[nH]c(Cc2ccc[nH]2)c1. The molecule has 0 radical (unpaired) electrons. The minimum atomic E-state index is 0. The molecule has 0 spiro atoms. The van der Waals surface area contributed by atoms with Crippen LogP contribution in [0.3, 0.4) is 0 Å². The molecule has 0 aliphatic heterocycles. The third kappa shape index (κ3) is 1.81. The maximum atomic E-state index is 3.16. The lowest BCUT2D eigenvalue weighted by atomic mass is 10.2. The smallest absolute Gasteiger partial charge is 0.0814 e. The predicted octanol–water partition coefficient (Wildman–Crippen LogP) is 0.750. The van der Waals surface area contributed by atoms with E-state index in [0.717, 1.165) is 6.42 Å². The highest BCUT2D eigenvalue weighted by atomic mass is 14.7. The minimum absolute atomic E-state index is 0. The summed E-state index contributed by atoms with van der Waals surface area (Å²) in [5.74, 6) is 0. The fourth-order valence-corrected chi connectivity index (χ4v) is 1.16. The van der Waals surface area contributed by atoms with Crippen LogP contribution in [-0.2, 0) is 6.42 Å². The Kier molecular flexibility index (Phi) is 2.80. The Bertz CT molecular complexity index is 265. The fourth-order valence-electron chi connectivity index (χ4n) is 1.16. The standard InChI is InChI=1S/C9H10N2.BH3/c1-3-8(10-5-1)7-9-4-2-6-11-9;/h1-6,10-11H,7H2;1H3. The van der Waals surface area contributed by atoms with Crippen molar-refractivity contribution in [3.8, 4) is 0 Å². The van der Waals surface area contributed by atoms with Gasteiger partial charge in [0.25, 0.3) is 0 Å². The predicted molar refractivity (Wildman–Crippen MR) is 54.3 cm³/mol. The Labute approximate surface area is 73.6 Å². The molecule has 0 aliphatic carbocycles. The second-order valence-corrected chi connectivity index (χ2v) is 2.57. The van der Waals surface area contributed by atoms with E-state index in [2.05, 4.69) is 22.1 Å². The number of rotatable bonds is 2. The Hall–Kier alpha value is -1.38. The summed E-state index contributed by atoms with van der Waals surface area (Å²) >= 11 is 0. The van der Waals surface area contributed by atoms with Crippen molar-refractivity contribution in [2.75, 3.05) is 0 Å². The van der Waals surface area contributed by atoms with Crippen molar-refractivity contribution in [1.29, 1.82) is 0 Å². The van der Waals surface area contributed by atoms with Gasteiger partial charge >= 0.3 is 0 Å². The molecular formula is C9H13BN2. The van der Waals surface area contributed by atoms with Crippen LogP contribution < -0.4 is 0 Å². The lowest BCUT2D eigenvalue weighted by Gasteiger charge is -1.92. The van der Waals surface area contributed by atoms with Crippen LogP contribution in [0, 0.1) is 0 Å². The summed E-state index contributed by atoms with van der Waals surface area (Å²) in [5, 5.41) is 0. The van der Waals surface area contributed by atoms with Gasteiger partial charge in [-0.3, -0.25) is 0 Å². The Morgan fingerprint density at radius 2 is 1.42 bits per heavy atom. The van der Waals surface area contributed by atoms with Crippen LogP contribution in [0.4, 0.5) is 0 Å². The quantitative estimate of drug-likeness (QED) is 0.607. The van der Waals surface area contributed by atoms with E-state index >= 15 is 0 Å². The Morgan fingerprint density at radius 3 is 1.75 bits per heavy atom. The Balaban J connectivity index is 0.000000720.